The lowest BCUT2D eigenvalue weighted by Gasteiger charge is -2.21. The molecule has 1 atom stereocenters. The van der Waals surface area contributed by atoms with Crippen molar-refractivity contribution < 1.29 is 13.2 Å². The molecule has 3 nitrogen and oxygen atoms in total. The second-order valence-electron chi connectivity index (χ2n) is 6.82. The molecule has 0 saturated carbocycles. The zero-order valence-electron chi connectivity index (χ0n) is 15.9. The Balaban J connectivity index is 2.03. The fourth-order valence-corrected chi connectivity index (χ4v) is 5.51. The van der Waals surface area contributed by atoms with Crippen LogP contribution in [0, 0.1) is 6.92 Å². The maximum absolute atomic E-state index is 13.2. The second-order valence-corrected chi connectivity index (χ2v) is 9.95. The van der Waals surface area contributed by atoms with Crippen molar-refractivity contribution in [1.29, 1.82) is 0 Å². The van der Waals surface area contributed by atoms with E-state index in [1.165, 1.54) is 24.6 Å². The number of fused-ring (bicyclic) bond motifs is 1. The largest absolute Gasteiger partial charge is 0.416 e. The number of hydrogen-bond donors (Lipinski definition) is 1. The van der Waals surface area contributed by atoms with Crippen LogP contribution in [-0.2, 0) is 6.18 Å². The summed E-state index contributed by atoms with van der Waals surface area (Å²) in [6, 6.07) is 7.93. The number of hydrogen-bond acceptors (Lipinski definition) is 3. The fraction of sp³-hybridized carbons (Fsp3) is 0.300. The number of aromatic nitrogens is 2. The van der Waals surface area contributed by atoms with Gasteiger partial charge in [-0.15, -0.1) is 0 Å². The molecule has 3 aromatic rings. The molecule has 0 radical (unpaired) electrons. The Morgan fingerprint density at radius 1 is 1.14 bits per heavy atom. The second kappa shape index (κ2) is 7.96. The zero-order valence-corrected chi connectivity index (χ0v) is 18.4. The summed E-state index contributed by atoms with van der Waals surface area (Å²) in [7, 11) is -0.344. The first-order chi connectivity index (χ1) is 13.1. The highest BCUT2D eigenvalue weighted by Gasteiger charge is 2.33. The first-order valence-corrected chi connectivity index (χ1v) is 11.7. The Bertz CT molecular complexity index is 1020. The summed E-state index contributed by atoms with van der Waals surface area (Å²) < 4.78 is 40.7. The Labute approximate surface area is 171 Å². The maximum atomic E-state index is 13.2. The molecule has 0 aliphatic carbocycles. The van der Waals surface area contributed by atoms with Crippen LogP contribution >= 0.6 is 23.9 Å². The van der Waals surface area contributed by atoms with Crippen LogP contribution < -0.4 is 10.6 Å². The molecule has 0 amide bonds. The smallest absolute Gasteiger partial charge is 0.363 e. The lowest BCUT2D eigenvalue weighted by Crippen LogP contribution is -2.14. The van der Waals surface area contributed by atoms with Crippen molar-refractivity contribution in [1.82, 2.24) is 9.97 Å². The Morgan fingerprint density at radius 3 is 2.50 bits per heavy atom. The third-order valence-corrected chi connectivity index (χ3v) is 6.98. The highest BCUT2D eigenvalue weighted by Crippen LogP contribution is 2.36. The van der Waals surface area contributed by atoms with Crippen LogP contribution in [-0.4, -0.2) is 23.3 Å². The van der Waals surface area contributed by atoms with Crippen LogP contribution in [0.25, 0.3) is 10.9 Å². The van der Waals surface area contributed by atoms with E-state index in [-0.39, 0.29) is 19.5 Å². The van der Waals surface area contributed by atoms with Gasteiger partial charge >= 0.3 is 6.18 Å². The summed E-state index contributed by atoms with van der Waals surface area (Å²) in [5, 5.41) is 5.32. The molecule has 0 aliphatic heterocycles. The molecule has 1 heterocycles. The molecule has 0 bridgehead atoms. The van der Waals surface area contributed by atoms with Gasteiger partial charge in [0.05, 0.1) is 17.1 Å². The van der Waals surface area contributed by atoms with E-state index in [1.54, 1.807) is 6.07 Å². The van der Waals surface area contributed by atoms with E-state index in [9.17, 15) is 13.2 Å². The number of nitrogens with zero attached hydrogens (tertiary/aromatic N) is 2. The van der Waals surface area contributed by atoms with Crippen molar-refractivity contribution in [3.05, 3.63) is 57.8 Å². The highest BCUT2D eigenvalue weighted by atomic mass is 79.9. The van der Waals surface area contributed by atoms with Gasteiger partial charge in [0.1, 0.15) is 12.1 Å². The van der Waals surface area contributed by atoms with E-state index in [0.29, 0.717) is 11.4 Å². The van der Waals surface area contributed by atoms with Gasteiger partial charge in [0, 0.05) is 9.86 Å². The molecule has 0 fully saturated rings. The summed E-state index contributed by atoms with van der Waals surface area (Å²) in [5.74, 6) is 0.611. The third kappa shape index (κ3) is 4.15. The first-order valence-electron chi connectivity index (χ1n) is 8.64. The van der Waals surface area contributed by atoms with E-state index in [4.69, 9.17) is 0 Å². The number of rotatable bonds is 4. The number of alkyl halides is 3. The number of nitrogens with one attached hydrogen (secondary N) is 1. The van der Waals surface area contributed by atoms with Gasteiger partial charge < -0.3 is 5.32 Å². The summed E-state index contributed by atoms with van der Waals surface area (Å²) in [5.41, 5.74) is 0.979. The molecule has 3 rings (SSSR count). The van der Waals surface area contributed by atoms with Crippen LogP contribution in [0.4, 0.5) is 19.0 Å². The minimum absolute atomic E-state index is 0.224. The molecule has 0 unspecified atom stereocenters. The molecular weight excluding hydrogens is 450 g/mol. The SMILES string of the molecule is Cc1c([C@@H](C)Nc2ncnc3cc(Br)c(P(C)C)cc23)cccc1C(F)(F)F. The molecule has 1 N–H and O–H groups in total. The number of halogens is 4. The van der Waals surface area contributed by atoms with Gasteiger partial charge in [-0.1, -0.05) is 36.0 Å². The van der Waals surface area contributed by atoms with Gasteiger partial charge in [-0.2, -0.15) is 13.2 Å². The predicted molar refractivity (Wildman–Crippen MR) is 114 cm³/mol. The van der Waals surface area contributed by atoms with E-state index in [1.807, 2.05) is 13.0 Å². The van der Waals surface area contributed by atoms with Crippen LogP contribution in [0.3, 0.4) is 0 Å². The molecule has 0 saturated heterocycles. The number of benzene rings is 2. The van der Waals surface area contributed by atoms with Crippen molar-refractivity contribution in [2.24, 2.45) is 0 Å². The van der Waals surface area contributed by atoms with Crippen molar-refractivity contribution in [2.45, 2.75) is 26.1 Å². The summed E-state index contributed by atoms with van der Waals surface area (Å²) in [6.45, 7) is 7.66. The van der Waals surface area contributed by atoms with Crippen molar-refractivity contribution in [3.63, 3.8) is 0 Å². The Hall–Kier alpha value is -1.72. The van der Waals surface area contributed by atoms with Crippen LogP contribution in [0.15, 0.2) is 41.1 Å². The normalized spacial score (nSPS) is 13.2. The minimum Gasteiger partial charge on any atom is -0.363 e. The van der Waals surface area contributed by atoms with Crippen LogP contribution in [0.2, 0.25) is 0 Å². The van der Waals surface area contributed by atoms with Gasteiger partial charge in [0.25, 0.3) is 0 Å². The molecular formula is C20H20BrF3N3P. The van der Waals surface area contributed by atoms with Crippen LogP contribution in [0.1, 0.15) is 29.7 Å². The van der Waals surface area contributed by atoms with Gasteiger partial charge in [0.2, 0.25) is 0 Å². The fourth-order valence-electron chi connectivity index (χ4n) is 3.24. The lowest BCUT2D eigenvalue weighted by atomic mass is 9.97. The van der Waals surface area contributed by atoms with Gasteiger partial charge in [-0.25, -0.2) is 9.97 Å². The monoisotopic (exact) mass is 469 g/mol. The van der Waals surface area contributed by atoms with Gasteiger partial charge in [-0.3, -0.25) is 0 Å². The number of anilines is 1. The van der Waals surface area contributed by atoms with E-state index >= 15 is 0 Å². The molecule has 148 valence electrons. The maximum Gasteiger partial charge on any atom is 0.416 e. The third-order valence-electron chi connectivity index (χ3n) is 4.69. The Kier molecular flexibility index (Phi) is 5.97. The van der Waals surface area contributed by atoms with Gasteiger partial charge in [0.15, 0.2) is 0 Å². The lowest BCUT2D eigenvalue weighted by molar-refractivity contribution is -0.138. The molecule has 28 heavy (non-hydrogen) atoms. The van der Waals surface area contributed by atoms with Crippen LogP contribution in [0.5, 0.6) is 0 Å². The molecule has 0 aliphatic rings. The standard InChI is InChI=1S/C20H20BrF3N3P/c1-11-13(6-5-7-15(11)20(22,23)24)12(2)27-19-14-8-18(28(3)4)16(21)9-17(14)25-10-26-19/h5-10,12H,1-4H3,(H,25,26,27)/t12-/m1/s1. The quantitative estimate of drug-likeness (QED) is 0.458. The first kappa shape index (κ1) is 21.0. The molecule has 0 spiro atoms. The van der Waals surface area contributed by atoms with Crippen molar-refractivity contribution in [2.75, 3.05) is 18.6 Å². The zero-order chi connectivity index (χ0) is 20.6. The highest BCUT2D eigenvalue weighted by molar-refractivity contribution is 9.10. The summed E-state index contributed by atoms with van der Waals surface area (Å²) >= 11 is 3.60. The average molecular weight is 470 g/mol. The van der Waals surface area contributed by atoms with Gasteiger partial charge in [-0.05, 0) is 61.8 Å². The predicted octanol–water partition coefficient (Wildman–Crippen LogP) is 6.26. The average Bonchev–Trinajstić information content (AvgIpc) is 2.60. The van der Waals surface area contributed by atoms with E-state index in [2.05, 4.69) is 50.6 Å². The van der Waals surface area contributed by atoms with Crippen molar-refractivity contribution in [3.8, 4) is 0 Å². The van der Waals surface area contributed by atoms with E-state index < -0.39 is 11.7 Å². The molecule has 1 aromatic heterocycles. The summed E-state index contributed by atoms with van der Waals surface area (Å²) in [4.78, 5) is 8.68. The topological polar surface area (TPSA) is 37.8 Å². The minimum atomic E-state index is -4.37. The molecule has 2 aromatic carbocycles. The summed E-state index contributed by atoms with van der Waals surface area (Å²) in [6.07, 6.45) is -2.91. The van der Waals surface area contributed by atoms with E-state index in [0.717, 1.165) is 21.4 Å². The molecule has 8 heteroatoms. The Morgan fingerprint density at radius 2 is 1.86 bits per heavy atom. The van der Waals surface area contributed by atoms with Crippen molar-refractivity contribution >= 4 is 45.9 Å².